The van der Waals surface area contributed by atoms with Crippen LogP contribution in [0.1, 0.15) is 11.5 Å². The molecule has 2 aromatic rings. The third-order valence-electron chi connectivity index (χ3n) is 2.36. The number of amides is 1. The molecule has 94 valence electrons. The number of aromatic nitrogens is 1. The largest absolute Gasteiger partial charge is 0.467 e. The van der Waals surface area contributed by atoms with Gasteiger partial charge in [0.1, 0.15) is 11.6 Å². The van der Waals surface area contributed by atoms with Gasteiger partial charge in [-0.3, -0.25) is 4.79 Å². The first-order chi connectivity index (χ1) is 8.74. The lowest BCUT2D eigenvalue weighted by molar-refractivity contribution is -0.119. The van der Waals surface area contributed by atoms with Crippen molar-refractivity contribution in [2.75, 3.05) is 11.9 Å². The predicted octanol–water partition coefficient (Wildman–Crippen LogP) is 1.71. The maximum absolute atomic E-state index is 11.6. The van der Waals surface area contributed by atoms with Gasteiger partial charge in [0, 0.05) is 5.69 Å². The molecule has 0 atom stereocenters. The molecule has 0 bridgehead atoms. The quantitative estimate of drug-likeness (QED) is 0.841. The first-order valence-corrected chi connectivity index (χ1v) is 5.70. The molecule has 2 N–H and O–H groups in total. The molecule has 18 heavy (non-hydrogen) atoms. The van der Waals surface area contributed by atoms with Gasteiger partial charge in [-0.2, -0.15) is 0 Å². The van der Waals surface area contributed by atoms with Crippen LogP contribution in [0.3, 0.4) is 0 Å². The van der Waals surface area contributed by atoms with Crippen LogP contribution in [0, 0.1) is 6.92 Å². The zero-order valence-electron chi connectivity index (χ0n) is 10.1. The van der Waals surface area contributed by atoms with Gasteiger partial charge in [-0.15, -0.1) is 0 Å². The summed E-state index contributed by atoms with van der Waals surface area (Å²) in [5.74, 6) is 1.33. The van der Waals surface area contributed by atoms with Crippen LogP contribution < -0.4 is 10.6 Å². The summed E-state index contributed by atoms with van der Waals surface area (Å²) in [6.45, 7) is 2.49. The number of nitrogens with one attached hydrogen (secondary N) is 2. The first kappa shape index (κ1) is 12.2. The maximum atomic E-state index is 11.6. The van der Waals surface area contributed by atoms with E-state index in [4.69, 9.17) is 4.42 Å². The average Bonchev–Trinajstić information content (AvgIpc) is 2.87. The second kappa shape index (κ2) is 5.86. The van der Waals surface area contributed by atoms with Crippen molar-refractivity contribution in [3.8, 4) is 0 Å². The van der Waals surface area contributed by atoms with E-state index in [1.165, 1.54) is 0 Å². The fourth-order valence-electron chi connectivity index (χ4n) is 1.47. The van der Waals surface area contributed by atoms with Gasteiger partial charge in [-0.1, -0.05) is 6.07 Å². The molecular formula is C13H15N3O2. The Morgan fingerprint density at radius 2 is 2.22 bits per heavy atom. The Kier molecular flexibility index (Phi) is 3.96. The van der Waals surface area contributed by atoms with Crippen LogP contribution in [-0.4, -0.2) is 17.4 Å². The number of aryl methyl sites for hydroxylation is 1. The number of pyridine rings is 1. The lowest BCUT2D eigenvalue weighted by Gasteiger charge is -2.06. The van der Waals surface area contributed by atoms with Gasteiger partial charge in [-0.25, -0.2) is 4.98 Å². The second-order valence-electron chi connectivity index (χ2n) is 3.87. The molecule has 5 nitrogen and oxygen atoms in total. The van der Waals surface area contributed by atoms with Crippen molar-refractivity contribution in [2.45, 2.75) is 13.5 Å². The summed E-state index contributed by atoms with van der Waals surface area (Å²) in [5, 5.41) is 5.71. The summed E-state index contributed by atoms with van der Waals surface area (Å²) < 4.78 is 5.11. The topological polar surface area (TPSA) is 67.2 Å². The monoisotopic (exact) mass is 245 g/mol. The van der Waals surface area contributed by atoms with Gasteiger partial charge < -0.3 is 15.1 Å². The Labute approximate surface area is 105 Å². The number of nitrogens with zero attached hydrogens (tertiary/aromatic N) is 1. The normalized spacial score (nSPS) is 10.1. The highest BCUT2D eigenvalue weighted by atomic mass is 16.3. The van der Waals surface area contributed by atoms with E-state index in [9.17, 15) is 4.79 Å². The highest BCUT2D eigenvalue weighted by Gasteiger charge is 2.03. The summed E-state index contributed by atoms with van der Waals surface area (Å²) >= 11 is 0. The molecule has 0 aliphatic carbocycles. The molecule has 5 heteroatoms. The summed E-state index contributed by atoms with van der Waals surface area (Å²) in [6, 6.07) is 9.23. The van der Waals surface area contributed by atoms with Gasteiger partial charge in [0.15, 0.2) is 0 Å². The molecule has 0 aliphatic rings. The van der Waals surface area contributed by atoms with Crippen LogP contribution in [0.4, 0.5) is 5.82 Å². The average molecular weight is 245 g/mol. The van der Waals surface area contributed by atoms with Gasteiger partial charge in [0.2, 0.25) is 5.91 Å². The summed E-state index contributed by atoms with van der Waals surface area (Å²) in [7, 11) is 0. The van der Waals surface area contributed by atoms with E-state index >= 15 is 0 Å². The standard InChI is InChI=1S/C13H15N3O2/c1-10-4-2-6-12(16-10)14-9-13(17)15-8-11-5-3-7-18-11/h2-7H,8-9H2,1H3,(H,14,16)(H,15,17). The van der Waals surface area contributed by atoms with Crippen molar-refractivity contribution in [2.24, 2.45) is 0 Å². The van der Waals surface area contributed by atoms with Gasteiger partial charge in [-0.05, 0) is 31.2 Å². The minimum atomic E-state index is -0.102. The minimum Gasteiger partial charge on any atom is -0.467 e. The molecule has 2 heterocycles. The number of carbonyl (C=O) groups excluding carboxylic acids is 1. The van der Waals surface area contributed by atoms with E-state index in [1.807, 2.05) is 31.2 Å². The molecule has 0 fully saturated rings. The molecule has 0 aliphatic heterocycles. The number of rotatable bonds is 5. The number of hydrogen-bond donors (Lipinski definition) is 2. The predicted molar refractivity (Wildman–Crippen MR) is 68.0 cm³/mol. The van der Waals surface area contributed by atoms with Crippen molar-refractivity contribution in [3.05, 3.63) is 48.0 Å². The molecule has 0 spiro atoms. The van der Waals surface area contributed by atoms with Crippen molar-refractivity contribution in [1.82, 2.24) is 10.3 Å². The minimum absolute atomic E-state index is 0.102. The Hall–Kier alpha value is -2.30. The SMILES string of the molecule is Cc1cccc(NCC(=O)NCc2ccco2)n1. The molecule has 1 amide bonds. The van der Waals surface area contributed by atoms with Gasteiger partial charge in [0.05, 0.1) is 19.4 Å². The Bertz CT molecular complexity index is 509. The van der Waals surface area contributed by atoms with Crippen LogP contribution >= 0.6 is 0 Å². The smallest absolute Gasteiger partial charge is 0.239 e. The van der Waals surface area contributed by atoms with Crippen molar-refractivity contribution >= 4 is 11.7 Å². The summed E-state index contributed by atoms with van der Waals surface area (Å²) in [5.41, 5.74) is 0.913. The number of anilines is 1. The third-order valence-corrected chi connectivity index (χ3v) is 2.36. The van der Waals surface area contributed by atoms with Crippen LogP contribution in [0.5, 0.6) is 0 Å². The molecule has 0 saturated heterocycles. The van der Waals surface area contributed by atoms with E-state index in [0.29, 0.717) is 12.4 Å². The van der Waals surface area contributed by atoms with Gasteiger partial charge >= 0.3 is 0 Å². The maximum Gasteiger partial charge on any atom is 0.239 e. The van der Waals surface area contributed by atoms with E-state index in [2.05, 4.69) is 15.6 Å². The fourth-order valence-corrected chi connectivity index (χ4v) is 1.47. The molecule has 0 radical (unpaired) electrons. The molecular weight excluding hydrogens is 230 g/mol. The Morgan fingerprint density at radius 1 is 1.33 bits per heavy atom. The fraction of sp³-hybridized carbons (Fsp3) is 0.231. The van der Waals surface area contributed by atoms with E-state index in [1.54, 1.807) is 12.3 Å². The zero-order chi connectivity index (χ0) is 12.8. The summed E-state index contributed by atoms with van der Waals surface area (Å²) in [4.78, 5) is 15.8. The Balaban J connectivity index is 1.75. The summed E-state index contributed by atoms with van der Waals surface area (Å²) in [6.07, 6.45) is 1.58. The lowest BCUT2D eigenvalue weighted by Crippen LogP contribution is -2.29. The highest BCUT2D eigenvalue weighted by Crippen LogP contribution is 2.03. The lowest BCUT2D eigenvalue weighted by atomic mass is 10.3. The van der Waals surface area contributed by atoms with Crippen molar-refractivity contribution < 1.29 is 9.21 Å². The number of carbonyl (C=O) groups is 1. The van der Waals surface area contributed by atoms with Crippen molar-refractivity contribution in [1.29, 1.82) is 0 Å². The van der Waals surface area contributed by atoms with Crippen LogP contribution in [0.25, 0.3) is 0 Å². The first-order valence-electron chi connectivity index (χ1n) is 5.70. The van der Waals surface area contributed by atoms with E-state index in [0.717, 1.165) is 11.5 Å². The number of furan rings is 1. The molecule has 2 rings (SSSR count). The second-order valence-corrected chi connectivity index (χ2v) is 3.87. The Morgan fingerprint density at radius 3 is 2.94 bits per heavy atom. The zero-order valence-corrected chi connectivity index (χ0v) is 10.1. The van der Waals surface area contributed by atoms with E-state index in [-0.39, 0.29) is 12.5 Å². The van der Waals surface area contributed by atoms with Crippen LogP contribution in [0.15, 0.2) is 41.0 Å². The molecule has 2 aromatic heterocycles. The van der Waals surface area contributed by atoms with Crippen LogP contribution in [-0.2, 0) is 11.3 Å². The van der Waals surface area contributed by atoms with E-state index < -0.39 is 0 Å². The third kappa shape index (κ3) is 3.62. The number of hydrogen-bond acceptors (Lipinski definition) is 4. The molecule has 0 aromatic carbocycles. The molecule has 0 unspecified atom stereocenters. The van der Waals surface area contributed by atoms with Crippen LogP contribution in [0.2, 0.25) is 0 Å². The van der Waals surface area contributed by atoms with Crippen molar-refractivity contribution in [3.63, 3.8) is 0 Å². The highest BCUT2D eigenvalue weighted by molar-refractivity contribution is 5.80. The molecule has 0 saturated carbocycles. The van der Waals surface area contributed by atoms with Gasteiger partial charge in [0.25, 0.3) is 0 Å².